The maximum Gasteiger partial charge on any atom is 0.169 e. The molecule has 178 valence electrons. The van der Waals surface area contributed by atoms with Gasteiger partial charge in [-0.25, -0.2) is 0 Å². The van der Waals surface area contributed by atoms with Crippen molar-refractivity contribution in [1.29, 1.82) is 0 Å². The summed E-state index contributed by atoms with van der Waals surface area (Å²) >= 11 is 0. The Bertz CT molecular complexity index is 784. The number of aromatic nitrogens is 1. The van der Waals surface area contributed by atoms with E-state index in [1.807, 2.05) is 53.7 Å². The first kappa shape index (κ1) is 25.0. The third-order valence-electron chi connectivity index (χ3n) is 6.82. The Morgan fingerprint density at radius 1 is 0.875 bits per heavy atom. The molecule has 3 heterocycles. The minimum absolute atomic E-state index is 0.146. The Morgan fingerprint density at radius 3 is 2.06 bits per heavy atom. The third kappa shape index (κ3) is 6.69. The normalized spacial score (nSPS) is 21.8. The minimum Gasteiger partial charge on any atom is -0.301 e. The van der Waals surface area contributed by atoms with Crippen LogP contribution in [0.3, 0.4) is 0 Å². The van der Waals surface area contributed by atoms with Gasteiger partial charge in [0.25, 0.3) is 0 Å². The SMILES string of the molecule is CC(C)(C)C(=O)CN1CCN(CCN2CCC(c3ccc(C(=O)C(C)(C)C)cn3)C2)CC1. The lowest BCUT2D eigenvalue weighted by atomic mass is 9.87. The summed E-state index contributed by atoms with van der Waals surface area (Å²) in [6, 6.07) is 3.99. The van der Waals surface area contributed by atoms with Crippen molar-refractivity contribution in [2.45, 2.75) is 53.9 Å². The number of pyridine rings is 1. The lowest BCUT2D eigenvalue weighted by Gasteiger charge is -2.36. The largest absolute Gasteiger partial charge is 0.301 e. The van der Waals surface area contributed by atoms with Gasteiger partial charge in [-0.3, -0.25) is 24.4 Å². The molecule has 0 N–H and O–H groups in total. The molecule has 1 aromatic rings. The van der Waals surface area contributed by atoms with Crippen LogP contribution in [-0.4, -0.2) is 90.2 Å². The Morgan fingerprint density at radius 2 is 1.50 bits per heavy atom. The van der Waals surface area contributed by atoms with E-state index in [2.05, 4.69) is 19.7 Å². The number of Topliss-reactive ketones (excluding diaryl/α,β-unsaturated/α-hetero) is 2. The molecule has 1 aromatic heterocycles. The maximum atomic E-state index is 12.4. The molecule has 1 unspecified atom stereocenters. The van der Waals surface area contributed by atoms with Gasteiger partial charge in [-0.2, -0.15) is 0 Å². The predicted octanol–water partition coefficient (Wildman–Crippen LogP) is 3.33. The van der Waals surface area contributed by atoms with E-state index in [9.17, 15) is 9.59 Å². The summed E-state index contributed by atoms with van der Waals surface area (Å²) in [6.07, 6.45) is 2.89. The van der Waals surface area contributed by atoms with E-state index in [-0.39, 0.29) is 16.6 Å². The van der Waals surface area contributed by atoms with E-state index >= 15 is 0 Å². The van der Waals surface area contributed by atoms with Crippen molar-refractivity contribution in [2.24, 2.45) is 10.8 Å². The number of carbonyl (C=O) groups is 2. The first-order valence-electron chi connectivity index (χ1n) is 12.1. The second-order valence-corrected chi connectivity index (χ2v) is 11.6. The van der Waals surface area contributed by atoms with E-state index in [0.717, 1.165) is 64.5 Å². The quantitative estimate of drug-likeness (QED) is 0.604. The molecule has 32 heavy (non-hydrogen) atoms. The van der Waals surface area contributed by atoms with Crippen molar-refractivity contribution in [3.05, 3.63) is 29.6 Å². The number of carbonyl (C=O) groups excluding carboxylic acids is 2. The fourth-order valence-corrected chi connectivity index (χ4v) is 4.39. The van der Waals surface area contributed by atoms with Gasteiger partial charge in [0.15, 0.2) is 11.6 Å². The average Bonchev–Trinajstić information content (AvgIpc) is 3.20. The smallest absolute Gasteiger partial charge is 0.169 e. The number of ketones is 2. The molecule has 2 saturated heterocycles. The fraction of sp³-hybridized carbons (Fsp3) is 0.731. The Hall–Kier alpha value is -1.63. The number of nitrogens with zero attached hydrogens (tertiary/aromatic N) is 4. The van der Waals surface area contributed by atoms with Crippen LogP contribution in [0.25, 0.3) is 0 Å². The van der Waals surface area contributed by atoms with E-state index in [1.165, 1.54) is 0 Å². The van der Waals surface area contributed by atoms with Crippen LogP contribution >= 0.6 is 0 Å². The van der Waals surface area contributed by atoms with Crippen LogP contribution in [0.1, 0.15) is 69.9 Å². The first-order chi connectivity index (χ1) is 14.9. The van der Waals surface area contributed by atoms with Gasteiger partial charge < -0.3 is 4.90 Å². The Kier molecular flexibility index (Phi) is 7.89. The number of hydrogen-bond acceptors (Lipinski definition) is 6. The molecule has 0 aromatic carbocycles. The van der Waals surface area contributed by atoms with Crippen LogP contribution in [0.15, 0.2) is 18.3 Å². The van der Waals surface area contributed by atoms with Crippen molar-refractivity contribution in [3.8, 4) is 0 Å². The molecule has 2 aliphatic heterocycles. The van der Waals surface area contributed by atoms with Crippen molar-refractivity contribution in [1.82, 2.24) is 19.7 Å². The molecule has 0 saturated carbocycles. The van der Waals surface area contributed by atoms with Gasteiger partial charge in [-0.1, -0.05) is 41.5 Å². The van der Waals surface area contributed by atoms with Crippen molar-refractivity contribution >= 4 is 11.6 Å². The van der Waals surface area contributed by atoms with Gasteiger partial charge in [0, 0.05) is 80.0 Å². The highest BCUT2D eigenvalue weighted by atomic mass is 16.1. The van der Waals surface area contributed by atoms with E-state index in [0.29, 0.717) is 23.8 Å². The minimum atomic E-state index is -0.374. The Balaban J connectivity index is 1.40. The molecule has 0 bridgehead atoms. The molecule has 0 aliphatic carbocycles. The highest BCUT2D eigenvalue weighted by molar-refractivity contribution is 5.99. The van der Waals surface area contributed by atoms with Gasteiger partial charge in [-0.05, 0) is 25.1 Å². The van der Waals surface area contributed by atoms with Gasteiger partial charge in [0.1, 0.15) is 0 Å². The van der Waals surface area contributed by atoms with Crippen LogP contribution in [0.4, 0.5) is 0 Å². The molecule has 1 atom stereocenters. The molecule has 3 rings (SSSR count). The van der Waals surface area contributed by atoms with Crippen LogP contribution in [0.5, 0.6) is 0 Å². The van der Waals surface area contributed by atoms with Gasteiger partial charge in [0.2, 0.25) is 0 Å². The van der Waals surface area contributed by atoms with Crippen LogP contribution in [0.2, 0.25) is 0 Å². The zero-order valence-electron chi connectivity index (χ0n) is 21.0. The molecule has 2 aliphatic rings. The summed E-state index contributed by atoms with van der Waals surface area (Å²) in [5, 5.41) is 0. The summed E-state index contributed by atoms with van der Waals surface area (Å²) in [7, 11) is 0. The molecule has 6 heteroatoms. The summed E-state index contributed by atoms with van der Waals surface area (Å²) in [5.41, 5.74) is 1.19. The van der Waals surface area contributed by atoms with Crippen LogP contribution in [-0.2, 0) is 4.79 Å². The zero-order chi connectivity index (χ0) is 23.5. The topological polar surface area (TPSA) is 56.8 Å². The number of hydrogen-bond donors (Lipinski definition) is 0. The molecular weight excluding hydrogens is 400 g/mol. The monoisotopic (exact) mass is 442 g/mol. The van der Waals surface area contributed by atoms with Gasteiger partial charge in [-0.15, -0.1) is 0 Å². The highest BCUT2D eigenvalue weighted by Gasteiger charge is 2.28. The zero-order valence-corrected chi connectivity index (χ0v) is 21.0. The van der Waals surface area contributed by atoms with Crippen molar-refractivity contribution in [3.63, 3.8) is 0 Å². The summed E-state index contributed by atoms with van der Waals surface area (Å²) in [6.45, 7) is 20.8. The van der Waals surface area contributed by atoms with E-state index in [4.69, 9.17) is 0 Å². The van der Waals surface area contributed by atoms with E-state index < -0.39 is 0 Å². The lowest BCUT2D eigenvalue weighted by Crippen LogP contribution is -2.50. The second-order valence-electron chi connectivity index (χ2n) is 11.6. The van der Waals surface area contributed by atoms with Crippen molar-refractivity contribution in [2.75, 3.05) is 58.9 Å². The summed E-state index contributed by atoms with van der Waals surface area (Å²) in [5.74, 6) is 0.931. The average molecular weight is 443 g/mol. The number of rotatable bonds is 7. The number of likely N-dealkylation sites (tertiary alicyclic amines) is 1. The molecule has 0 radical (unpaired) electrons. The predicted molar refractivity (Wildman–Crippen MR) is 129 cm³/mol. The maximum absolute atomic E-state index is 12.4. The Labute approximate surface area is 194 Å². The highest BCUT2D eigenvalue weighted by Crippen LogP contribution is 2.27. The molecule has 2 fully saturated rings. The number of piperazine rings is 1. The van der Waals surface area contributed by atoms with Crippen LogP contribution in [0, 0.1) is 10.8 Å². The summed E-state index contributed by atoms with van der Waals surface area (Å²) in [4.78, 5) is 36.7. The molecule has 6 nitrogen and oxygen atoms in total. The fourth-order valence-electron chi connectivity index (χ4n) is 4.39. The van der Waals surface area contributed by atoms with Gasteiger partial charge in [0.05, 0.1) is 6.54 Å². The molecule has 0 amide bonds. The van der Waals surface area contributed by atoms with Crippen LogP contribution < -0.4 is 0 Å². The summed E-state index contributed by atoms with van der Waals surface area (Å²) < 4.78 is 0. The molecule has 0 spiro atoms. The van der Waals surface area contributed by atoms with Crippen molar-refractivity contribution < 1.29 is 9.59 Å². The second kappa shape index (κ2) is 10.1. The molecular formula is C26H42N4O2. The van der Waals surface area contributed by atoms with E-state index in [1.54, 1.807) is 6.20 Å². The lowest BCUT2D eigenvalue weighted by molar-refractivity contribution is -0.127. The standard InChI is InChI=1S/C26H42N4O2/c1-25(2,3)23(31)19-30-15-12-28(13-16-30)11-14-29-10-9-21(18-29)22-8-7-20(17-27-22)24(32)26(4,5)6/h7-8,17,21H,9-16,18-19H2,1-6H3. The first-order valence-corrected chi connectivity index (χ1v) is 12.1. The third-order valence-corrected chi connectivity index (χ3v) is 6.82. The van der Waals surface area contributed by atoms with Gasteiger partial charge >= 0.3 is 0 Å².